The lowest BCUT2D eigenvalue weighted by Crippen LogP contribution is -2.22. The van der Waals surface area contributed by atoms with Crippen LogP contribution in [0.1, 0.15) is 102 Å². The molecule has 0 spiro atoms. The minimum Gasteiger partial charge on any atom is -0.490 e. The Kier molecular flexibility index (Phi) is 14.8. The molecule has 4 heterocycles. The number of ether oxygens (including phenoxy) is 8. The normalized spacial score (nSPS) is 18.6. The van der Waals surface area contributed by atoms with Gasteiger partial charge in [0.15, 0.2) is 0 Å². The van der Waals surface area contributed by atoms with E-state index in [1.807, 2.05) is 0 Å². The smallest absolute Gasteiger partial charge is 0.125 e. The molecule has 73 heavy (non-hydrogen) atoms. The van der Waals surface area contributed by atoms with E-state index in [0.717, 1.165) is 60.6 Å². The summed E-state index contributed by atoms with van der Waals surface area (Å²) in [5, 5.41) is 4.94. The maximum atomic E-state index is 6.09. The van der Waals surface area contributed by atoms with Crippen molar-refractivity contribution >= 4 is 21.5 Å². The maximum absolute atomic E-state index is 6.09. The van der Waals surface area contributed by atoms with E-state index < -0.39 is 0 Å². The van der Waals surface area contributed by atoms with Crippen LogP contribution < -0.4 is 18.9 Å². The Hall–Kier alpha value is -5.90. The Labute approximate surface area is 434 Å². The summed E-state index contributed by atoms with van der Waals surface area (Å²) >= 11 is 0. The van der Waals surface area contributed by atoms with E-state index >= 15 is 0 Å². The molecule has 4 aliphatic heterocycles. The maximum Gasteiger partial charge on any atom is 0.125 e. The Bertz CT molecular complexity index is 2890. The van der Waals surface area contributed by atoms with Crippen LogP contribution >= 0.6 is 0 Å². The number of hydrogen-bond acceptors (Lipinski definition) is 8. The minimum atomic E-state index is -0.131. The first-order valence-corrected chi connectivity index (χ1v) is 25.8. The molecule has 0 bridgehead atoms. The number of epoxide rings is 4. The van der Waals surface area contributed by atoms with Crippen molar-refractivity contribution in [1.82, 2.24) is 0 Å². The van der Waals surface area contributed by atoms with Gasteiger partial charge in [-0.3, -0.25) is 0 Å². The summed E-state index contributed by atoms with van der Waals surface area (Å²) in [6.45, 7) is 32.1. The van der Waals surface area contributed by atoms with Crippen LogP contribution in [0.25, 0.3) is 32.7 Å². The van der Waals surface area contributed by atoms with Gasteiger partial charge < -0.3 is 37.9 Å². The van der Waals surface area contributed by atoms with Gasteiger partial charge in [0.25, 0.3) is 0 Å². The fourth-order valence-corrected chi connectivity index (χ4v) is 10.4. The third kappa shape index (κ3) is 11.4. The Balaban J connectivity index is 0.000000178. The molecule has 0 amide bonds. The molecular weight excluding hydrogens is 909 g/mol. The molecular formula is C65H76O8. The molecule has 8 heteroatoms. The highest BCUT2D eigenvalue weighted by atomic mass is 16.6. The Morgan fingerprint density at radius 3 is 0.932 bits per heavy atom. The molecule has 0 aromatic heterocycles. The second-order valence-corrected chi connectivity index (χ2v) is 21.9. The standard InChI is InChI=1S/C34H42O4.C30H30O4.CH4/c1-21-13-27(14-22(2)31(21)37-19-29-17-35-29)33(5,6)25-9-11-26(12-10-25)34(7,8)28-15-23(3)32(24(4)16-28)38-20-30-18-36-30;1-17-9-23-11-21(5-7-27(23)19(3)29(17)33-15-25-13-31-25)22-6-8-28-20(4)30(34-16-26-14-32-26)18(2)10-24(28)12-22;/h9-16,29-30H,17-20H2,1-8H3;5-12,25-26H,13-16H2,1-4H3;1H4. The monoisotopic (exact) mass is 985 g/mol. The Morgan fingerprint density at radius 2 is 0.644 bits per heavy atom. The summed E-state index contributed by atoms with van der Waals surface area (Å²) in [6.07, 6.45) is 1.03. The van der Waals surface area contributed by atoms with Gasteiger partial charge in [0.1, 0.15) is 73.8 Å². The molecule has 4 unspecified atom stereocenters. The van der Waals surface area contributed by atoms with Crippen LogP contribution in [-0.2, 0) is 29.8 Å². The molecule has 7 aromatic rings. The van der Waals surface area contributed by atoms with Crippen LogP contribution in [0.4, 0.5) is 0 Å². The van der Waals surface area contributed by atoms with E-state index in [4.69, 9.17) is 37.9 Å². The lowest BCUT2D eigenvalue weighted by Gasteiger charge is -2.31. The molecule has 4 aliphatic rings. The van der Waals surface area contributed by atoms with Crippen molar-refractivity contribution < 1.29 is 37.9 Å². The first kappa shape index (κ1) is 52.0. The van der Waals surface area contributed by atoms with Crippen LogP contribution in [-0.4, -0.2) is 77.3 Å². The van der Waals surface area contributed by atoms with Gasteiger partial charge in [-0.25, -0.2) is 0 Å². The lowest BCUT2D eigenvalue weighted by molar-refractivity contribution is 0.260. The molecule has 384 valence electrons. The van der Waals surface area contributed by atoms with Gasteiger partial charge in [-0.2, -0.15) is 0 Å². The molecule has 4 atom stereocenters. The zero-order chi connectivity index (χ0) is 50.6. The van der Waals surface area contributed by atoms with E-state index in [9.17, 15) is 0 Å². The van der Waals surface area contributed by atoms with Gasteiger partial charge in [-0.1, -0.05) is 108 Å². The summed E-state index contributed by atoms with van der Waals surface area (Å²) in [4.78, 5) is 0. The predicted octanol–water partition coefficient (Wildman–Crippen LogP) is 14.2. The van der Waals surface area contributed by atoms with Gasteiger partial charge in [-0.15, -0.1) is 0 Å². The summed E-state index contributed by atoms with van der Waals surface area (Å²) in [5.41, 5.74) is 16.8. The summed E-state index contributed by atoms with van der Waals surface area (Å²) in [7, 11) is 0. The molecule has 0 aliphatic carbocycles. The second-order valence-electron chi connectivity index (χ2n) is 21.9. The first-order valence-electron chi connectivity index (χ1n) is 25.8. The van der Waals surface area contributed by atoms with Crippen LogP contribution in [0.3, 0.4) is 0 Å². The van der Waals surface area contributed by atoms with Crippen molar-refractivity contribution in [3.8, 4) is 34.1 Å². The minimum absolute atomic E-state index is 0. The molecule has 0 saturated carbocycles. The van der Waals surface area contributed by atoms with Gasteiger partial charge in [0.2, 0.25) is 0 Å². The van der Waals surface area contributed by atoms with Gasteiger partial charge in [-0.05, 0) is 179 Å². The van der Waals surface area contributed by atoms with E-state index in [0.29, 0.717) is 26.4 Å². The summed E-state index contributed by atoms with van der Waals surface area (Å²) in [6, 6.07) is 36.2. The number of aryl methyl sites for hydroxylation is 8. The van der Waals surface area contributed by atoms with Crippen molar-refractivity contribution in [1.29, 1.82) is 0 Å². The molecule has 7 aromatic carbocycles. The zero-order valence-electron chi connectivity index (χ0n) is 44.5. The Morgan fingerprint density at radius 1 is 0.370 bits per heavy atom. The van der Waals surface area contributed by atoms with Crippen LogP contribution in [0, 0.1) is 55.4 Å². The third-order valence-electron chi connectivity index (χ3n) is 15.3. The van der Waals surface area contributed by atoms with Crippen molar-refractivity contribution in [2.24, 2.45) is 0 Å². The van der Waals surface area contributed by atoms with E-state index in [2.05, 4.69) is 180 Å². The third-order valence-corrected chi connectivity index (χ3v) is 15.3. The molecule has 0 radical (unpaired) electrons. The number of benzene rings is 7. The number of hydrogen-bond donors (Lipinski definition) is 0. The highest BCUT2D eigenvalue weighted by molar-refractivity contribution is 5.95. The van der Waals surface area contributed by atoms with Crippen LogP contribution in [0.5, 0.6) is 23.0 Å². The molecule has 0 N–H and O–H groups in total. The predicted molar refractivity (Wildman–Crippen MR) is 296 cm³/mol. The average molecular weight is 985 g/mol. The fourth-order valence-electron chi connectivity index (χ4n) is 10.4. The highest BCUT2D eigenvalue weighted by Crippen LogP contribution is 2.41. The lowest BCUT2D eigenvalue weighted by atomic mass is 9.74. The van der Waals surface area contributed by atoms with E-state index in [-0.39, 0.29) is 42.7 Å². The van der Waals surface area contributed by atoms with E-state index in [1.54, 1.807) is 0 Å². The SMILES string of the molecule is C.Cc1cc(C(C)(C)c2ccc(C(C)(C)c3cc(C)c(OCC4CO4)c(C)c3)cc2)cc(C)c1OCC1CO1.Cc1cc2cc(-c3ccc4c(C)c(OCC5CO5)c(C)cc4c3)ccc2c(C)c1OCC1CO1. The number of fused-ring (bicyclic) bond motifs is 2. The number of rotatable bonds is 17. The largest absolute Gasteiger partial charge is 0.490 e. The summed E-state index contributed by atoms with van der Waals surface area (Å²) < 4.78 is 45.5. The van der Waals surface area contributed by atoms with Gasteiger partial charge in [0.05, 0.1) is 26.4 Å². The van der Waals surface area contributed by atoms with Crippen molar-refractivity contribution in [2.45, 2.75) is 126 Å². The topological polar surface area (TPSA) is 87.0 Å². The van der Waals surface area contributed by atoms with Crippen molar-refractivity contribution in [2.75, 3.05) is 52.9 Å². The molecule has 11 rings (SSSR count). The fraction of sp³-hybridized carbons (Fsp3) is 0.415. The van der Waals surface area contributed by atoms with Crippen LogP contribution in [0.15, 0.2) is 97.1 Å². The van der Waals surface area contributed by atoms with Crippen LogP contribution in [0.2, 0.25) is 0 Å². The van der Waals surface area contributed by atoms with Gasteiger partial charge in [0, 0.05) is 10.8 Å². The quantitative estimate of drug-likeness (QED) is 0.0834. The zero-order valence-corrected chi connectivity index (χ0v) is 44.5. The molecule has 4 fully saturated rings. The second kappa shape index (κ2) is 20.8. The molecule has 8 nitrogen and oxygen atoms in total. The first-order chi connectivity index (χ1) is 34.4. The van der Waals surface area contributed by atoms with Crippen molar-refractivity contribution in [3.63, 3.8) is 0 Å². The van der Waals surface area contributed by atoms with Gasteiger partial charge >= 0.3 is 0 Å². The highest BCUT2D eigenvalue weighted by Gasteiger charge is 2.31. The summed E-state index contributed by atoms with van der Waals surface area (Å²) in [5.74, 6) is 3.94. The van der Waals surface area contributed by atoms with E-state index in [1.165, 1.54) is 88.3 Å². The van der Waals surface area contributed by atoms with Crippen molar-refractivity contribution in [3.05, 3.63) is 164 Å². The molecule has 4 saturated heterocycles. The average Bonchev–Trinajstić information content (AvgIpc) is 4.12.